The highest BCUT2D eigenvalue weighted by Gasteiger charge is 2.22. The van der Waals surface area contributed by atoms with Crippen molar-refractivity contribution in [2.45, 2.75) is 33.1 Å². The van der Waals surface area contributed by atoms with Crippen LogP contribution in [-0.4, -0.2) is 75.0 Å². The molecule has 6 nitrogen and oxygen atoms in total. The van der Waals surface area contributed by atoms with Gasteiger partial charge in [0, 0.05) is 39.6 Å². The number of nitrogens with one attached hydrogen (secondary N) is 2. The number of carbonyl (C=O) groups excluding carboxylic acids is 1. The lowest BCUT2D eigenvalue weighted by molar-refractivity contribution is -0.121. The number of rotatable bonds is 7. The first-order valence-electron chi connectivity index (χ1n) is 8.53. The summed E-state index contributed by atoms with van der Waals surface area (Å²) in [7, 11) is 3.83. The molecule has 6 heteroatoms. The first-order valence-corrected chi connectivity index (χ1v) is 8.53. The molecule has 1 aliphatic rings. The molecule has 1 rings (SSSR count). The number of likely N-dealkylation sites (N-methyl/N-ethyl adjacent to an activating group) is 1. The van der Waals surface area contributed by atoms with E-state index >= 15 is 0 Å². The molecule has 0 saturated carbocycles. The molecule has 1 amide bonds. The van der Waals surface area contributed by atoms with Gasteiger partial charge < -0.3 is 20.4 Å². The Morgan fingerprint density at radius 2 is 2.00 bits per heavy atom. The summed E-state index contributed by atoms with van der Waals surface area (Å²) in [5.74, 6) is 1.68. The van der Waals surface area contributed by atoms with Crippen molar-refractivity contribution >= 4 is 11.9 Å². The lowest BCUT2D eigenvalue weighted by Gasteiger charge is -2.34. The van der Waals surface area contributed by atoms with Gasteiger partial charge in [-0.2, -0.15) is 0 Å². The molecule has 0 atom stereocenters. The Labute approximate surface area is 135 Å². The summed E-state index contributed by atoms with van der Waals surface area (Å²) in [4.78, 5) is 20.8. The minimum atomic E-state index is 0.154. The molecule has 22 heavy (non-hydrogen) atoms. The fraction of sp³-hybridized carbons (Fsp3) is 0.875. The number of nitrogens with zero attached hydrogens (tertiary/aromatic N) is 3. The number of piperidine rings is 1. The van der Waals surface area contributed by atoms with Crippen molar-refractivity contribution in [1.82, 2.24) is 20.4 Å². The summed E-state index contributed by atoms with van der Waals surface area (Å²) in [6.45, 7) is 9.98. The summed E-state index contributed by atoms with van der Waals surface area (Å²) >= 11 is 0. The monoisotopic (exact) mass is 311 g/mol. The Kier molecular flexibility index (Phi) is 8.89. The molecule has 0 bridgehead atoms. The normalized spacial score (nSPS) is 17.0. The van der Waals surface area contributed by atoms with Crippen LogP contribution in [0.4, 0.5) is 0 Å². The van der Waals surface area contributed by atoms with E-state index in [0.29, 0.717) is 12.3 Å². The zero-order valence-corrected chi connectivity index (χ0v) is 14.7. The van der Waals surface area contributed by atoms with Crippen LogP contribution in [0.3, 0.4) is 0 Å². The van der Waals surface area contributed by atoms with Crippen molar-refractivity contribution in [2.75, 3.05) is 53.4 Å². The zero-order chi connectivity index (χ0) is 16.4. The molecule has 0 aromatic carbocycles. The molecule has 1 heterocycles. The summed E-state index contributed by atoms with van der Waals surface area (Å²) in [5.41, 5.74) is 0. The minimum absolute atomic E-state index is 0.154. The maximum absolute atomic E-state index is 11.5. The van der Waals surface area contributed by atoms with E-state index in [0.717, 1.165) is 58.1 Å². The van der Waals surface area contributed by atoms with E-state index in [9.17, 15) is 4.79 Å². The molecule has 128 valence electrons. The standard InChI is InChI=1S/C16H33N5O/c1-5-18-16(19-9-12-20(4)6-2)21-10-7-14(8-11-21)13-15(22)17-3/h14H,5-13H2,1-4H3,(H,17,22)(H,18,19). The summed E-state index contributed by atoms with van der Waals surface area (Å²) in [5, 5.41) is 6.11. The molecule has 1 fully saturated rings. The second-order valence-corrected chi connectivity index (χ2v) is 5.94. The van der Waals surface area contributed by atoms with E-state index in [4.69, 9.17) is 4.99 Å². The van der Waals surface area contributed by atoms with Gasteiger partial charge in [0.2, 0.25) is 5.91 Å². The van der Waals surface area contributed by atoms with Gasteiger partial charge in [-0.1, -0.05) is 6.92 Å². The molecule has 1 aliphatic heterocycles. The Hall–Kier alpha value is -1.30. The van der Waals surface area contributed by atoms with Crippen LogP contribution in [0, 0.1) is 5.92 Å². The SMILES string of the molecule is CCNC(=NCCN(C)CC)N1CCC(CC(=O)NC)CC1. The number of aliphatic imine (C=N–C) groups is 1. The first kappa shape index (κ1) is 18.7. The Bertz CT molecular complexity index is 350. The highest BCUT2D eigenvalue weighted by atomic mass is 16.1. The molecule has 2 N–H and O–H groups in total. The second-order valence-electron chi connectivity index (χ2n) is 5.94. The fourth-order valence-corrected chi connectivity index (χ4v) is 2.62. The van der Waals surface area contributed by atoms with E-state index in [1.807, 2.05) is 0 Å². The molecule has 0 unspecified atom stereocenters. The zero-order valence-electron chi connectivity index (χ0n) is 14.7. The Morgan fingerprint density at radius 1 is 1.32 bits per heavy atom. The molecule has 0 radical (unpaired) electrons. The molecule has 0 aromatic rings. The number of amides is 1. The van der Waals surface area contributed by atoms with Gasteiger partial charge in [-0.05, 0) is 39.3 Å². The maximum Gasteiger partial charge on any atom is 0.220 e. The van der Waals surface area contributed by atoms with Crippen molar-refractivity contribution in [3.8, 4) is 0 Å². The van der Waals surface area contributed by atoms with Crippen LogP contribution in [0.2, 0.25) is 0 Å². The van der Waals surface area contributed by atoms with Gasteiger partial charge >= 0.3 is 0 Å². The molecule has 1 saturated heterocycles. The van der Waals surface area contributed by atoms with Crippen LogP contribution in [0.5, 0.6) is 0 Å². The number of likely N-dealkylation sites (tertiary alicyclic amines) is 1. The van der Waals surface area contributed by atoms with E-state index in [1.54, 1.807) is 7.05 Å². The van der Waals surface area contributed by atoms with Crippen LogP contribution in [0.15, 0.2) is 4.99 Å². The van der Waals surface area contributed by atoms with Gasteiger partial charge in [0.25, 0.3) is 0 Å². The van der Waals surface area contributed by atoms with Crippen LogP contribution >= 0.6 is 0 Å². The predicted octanol–water partition coefficient (Wildman–Crippen LogP) is 0.752. The maximum atomic E-state index is 11.5. The Balaban J connectivity index is 2.45. The molecule has 0 aromatic heterocycles. The lowest BCUT2D eigenvalue weighted by atomic mass is 9.93. The van der Waals surface area contributed by atoms with Gasteiger partial charge in [-0.25, -0.2) is 0 Å². The average Bonchev–Trinajstić information content (AvgIpc) is 2.54. The average molecular weight is 311 g/mol. The van der Waals surface area contributed by atoms with Gasteiger partial charge in [0.1, 0.15) is 0 Å². The number of hydrogen-bond donors (Lipinski definition) is 2. The van der Waals surface area contributed by atoms with E-state index in [-0.39, 0.29) is 5.91 Å². The van der Waals surface area contributed by atoms with E-state index < -0.39 is 0 Å². The summed E-state index contributed by atoms with van der Waals surface area (Å²) in [6.07, 6.45) is 2.78. The predicted molar refractivity (Wildman–Crippen MR) is 92.1 cm³/mol. The van der Waals surface area contributed by atoms with Gasteiger partial charge in [-0.3, -0.25) is 9.79 Å². The second kappa shape index (κ2) is 10.4. The van der Waals surface area contributed by atoms with E-state index in [2.05, 4.69) is 41.3 Å². The molecular formula is C16H33N5O. The van der Waals surface area contributed by atoms with Crippen LogP contribution in [0.1, 0.15) is 33.1 Å². The minimum Gasteiger partial charge on any atom is -0.359 e. The Morgan fingerprint density at radius 3 is 2.55 bits per heavy atom. The van der Waals surface area contributed by atoms with Crippen molar-refractivity contribution in [1.29, 1.82) is 0 Å². The largest absolute Gasteiger partial charge is 0.359 e. The number of carbonyl (C=O) groups is 1. The lowest BCUT2D eigenvalue weighted by Crippen LogP contribution is -2.46. The van der Waals surface area contributed by atoms with Gasteiger partial charge in [-0.15, -0.1) is 0 Å². The van der Waals surface area contributed by atoms with Crippen molar-refractivity contribution in [2.24, 2.45) is 10.9 Å². The van der Waals surface area contributed by atoms with Crippen molar-refractivity contribution < 1.29 is 4.79 Å². The van der Waals surface area contributed by atoms with Gasteiger partial charge in [0.05, 0.1) is 6.54 Å². The van der Waals surface area contributed by atoms with Crippen molar-refractivity contribution in [3.63, 3.8) is 0 Å². The highest BCUT2D eigenvalue weighted by Crippen LogP contribution is 2.20. The number of hydrogen-bond acceptors (Lipinski definition) is 3. The number of guanidine groups is 1. The fourth-order valence-electron chi connectivity index (χ4n) is 2.62. The quantitative estimate of drug-likeness (QED) is 0.538. The third-order valence-corrected chi connectivity index (χ3v) is 4.28. The van der Waals surface area contributed by atoms with E-state index in [1.165, 1.54) is 0 Å². The summed E-state index contributed by atoms with van der Waals surface area (Å²) < 4.78 is 0. The van der Waals surface area contributed by atoms with Crippen LogP contribution in [0.25, 0.3) is 0 Å². The molecular weight excluding hydrogens is 278 g/mol. The highest BCUT2D eigenvalue weighted by molar-refractivity contribution is 5.80. The smallest absolute Gasteiger partial charge is 0.220 e. The van der Waals surface area contributed by atoms with Crippen LogP contribution < -0.4 is 10.6 Å². The third-order valence-electron chi connectivity index (χ3n) is 4.28. The van der Waals surface area contributed by atoms with Crippen LogP contribution in [-0.2, 0) is 4.79 Å². The summed E-state index contributed by atoms with van der Waals surface area (Å²) in [6, 6.07) is 0. The van der Waals surface area contributed by atoms with Crippen molar-refractivity contribution in [3.05, 3.63) is 0 Å². The van der Waals surface area contributed by atoms with Gasteiger partial charge in [0.15, 0.2) is 5.96 Å². The third kappa shape index (κ3) is 6.64. The molecule has 0 aliphatic carbocycles. The molecule has 0 spiro atoms. The first-order chi connectivity index (χ1) is 10.6. The topological polar surface area (TPSA) is 60.0 Å².